The molecule has 0 aliphatic rings. The fraction of sp³-hybridized carbons (Fsp3) is 0.769. The Morgan fingerprint density at radius 1 is 1.21 bits per heavy atom. The molecule has 1 rings (SSSR count). The molecule has 6 nitrogen and oxygen atoms in total. The Morgan fingerprint density at radius 3 is 2.58 bits per heavy atom. The molecule has 1 aromatic rings. The van der Waals surface area contributed by atoms with Gasteiger partial charge in [-0.25, -0.2) is 0 Å². The zero-order chi connectivity index (χ0) is 13.9. The average molecular weight is 266 g/mol. The number of nitrogens with one attached hydrogen (secondary N) is 2. The molecule has 0 saturated heterocycles. The summed E-state index contributed by atoms with van der Waals surface area (Å²) in [5.41, 5.74) is 0. The number of nitrogens with zero attached hydrogens (tertiary/aromatic N) is 4. The summed E-state index contributed by atoms with van der Waals surface area (Å²) in [6.07, 6.45) is 5.71. The number of hydrogen-bond donors (Lipinski definition) is 2. The Bertz CT molecular complexity index is 344. The molecule has 0 spiro atoms. The van der Waals surface area contributed by atoms with Gasteiger partial charge < -0.3 is 15.2 Å². The van der Waals surface area contributed by atoms with Crippen molar-refractivity contribution in [3.63, 3.8) is 0 Å². The van der Waals surface area contributed by atoms with E-state index >= 15 is 0 Å². The molecule has 0 radical (unpaired) electrons. The Hall–Kier alpha value is -1.59. The van der Waals surface area contributed by atoms with Crippen LogP contribution in [0.25, 0.3) is 0 Å². The molecule has 0 aromatic carbocycles. The van der Waals surface area contributed by atoms with E-state index < -0.39 is 0 Å². The van der Waals surface area contributed by atoms with Crippen LogP contribution in [0.2, 0.25) is 0 Å². The Morgan fingerprint density at radius 2 is 1.95 bits per heavy atom. The van der Waals surface area contributed by atoms with Crippen LogP contribution in [0.15, 0.2) is 17.6 Å². The second-order valence-corrected chi connectivity index (χ2v) is 4.95. The summed E-state index contributed by atoms with van der Waals surface area (Å²) >= 11 is 0. The van der Waals surface area contributed by atoms with Crippen molar-refractivity contribution >= 4 is 5.96 Å². The highest BCUT2D eigenvalue weighted by Gasteiger charge is 1.98. The number of aryl methyl sites for hydroxylation is 1. The highest BCUT2D eigenvalue weighted by molar-refractivity contribution is 5.79. The van der Waals surface area contributed by atoms with Gasteiger partial charge in [-0.2, -0.15) is 0 Å². The maximum absolute atomic E-state index is 4.53. The van der Waals surface area contributed by atoms with Crippen molar-refractivity contribution in [3.05, 3.63) is 12.7 Å². The van der Waals surface area contributed by atoms with Crippen molar-refractivity contribution in [2.24, 2.45) is 10.9 Å². The van der Waals surface area contributed by atoms with E-state index in [1.807, 2.05) is 4.57 Å². The molecule has 0 amide bonds. The van der Waals surface area contributed by atoms with Gasteiger partial charge in [-0.1, -0.05) is 13.8 Å². The first-order valence-corrected chi connectivity index (χ1v) is 7.07. The Labute approximate surface area is 115 Å². The van der Waals surface area contributed by atoms with E-state index in [2.05, 4.69) is 46.6 Å². The van der Waals surface area contributed by atoms with Gasteiger partial charge in [0.2, 0.25) is 0 Å². The van der Waals surface area contributed by atoms with E-state index in [4.69, 9.17) is 0 Å². The highest BCUT2D eigenvalue weighted by atomic mass is 15.2. The predicted molar refractivity (Wildman–Crippen MR) is 78.1 cm³/mol. The first kappa shape index (κ1) is 15.5. The molecule has 0 unspecified atom stereocenters. The van der Waals surface area contributed by atoms with Crippen molar-refractivity contribution in [3.8, 4) is 0 Å². The van der Waals surface area contributed by atoms with Gasteiger partial charge in [0.15, 0.2) is 5.96 Å². The number of aliphatic imine (C=N–C) groups is 1. The van der Waals surface area contributed by atoms with E-state index in [0.29, 0.717) is 5.92 Å². The molecule has 19 heavy (non-hydrogen) atoms. The zero-order valence-corrected chi connectivity index (χ0v) is 12.3. The van der Waals surface area contributed by atoms with Crippen LogP contribution in [0.4, 0.5) is 0 Å². The molecule has 6 heteroatoms. The molecule has 0 bridgehead atoms. The van der Waals surface area contributed by atoms with E-state index in [9.17, 15) is 0 Å². The number of unbranched alkanes of at least 4 members (excludes halogenated alkanes) is 1. The summed E-state index contributed by atoms with van der Waals surface area (Å²) in [6, 6.07) is 0. The van der Waals surface area contributed by atoms with Crippen LogP contribution in [0, 0.1) is 5.92 Å². The molecule has 0 atom stereocenters. The topological polar surface area (TPSA) is 67.1 Å². The second kappa shape index (κ2) is 9.35. The normalized spacial score (nSPS) is 11.9. The first-order valence-electron chi connectivity index (χ1n) is 7.07. The molecule has 2 N–H and O–H groups in total. The van der Waals surface area contributed by atoms with Crippen molar-refractivity contribution in [1.29, 1.82) is 0 Å². The van der Waals surface area contributed by atoms with Gasteiger partial charge in [0.05, 0.1) is 0 Å². The average Bonchev–Trinajstić information content (AvgIpc) is 2.88. The van der Waals surface area contributed by atoms with Crippen LogP contribution in [0.1, 0.15) is 33.6 Å². The number of hydrogen-bond acceptors (Lipinski definition) is 3. The van der Waals surface area contributed by atoms with E-state index in [0.717, 1.165) is 45.0 Å². The van der Waals surface area contributed by atoms with Crippen LogP contribution < -0.4 is 10.6 Å². The van der Waals surface area contributed by atoms with Gasteiger partial charge in [-0.3, -0.25) is 4.99 Å². The first-order chi connectivity index (χ1) is 9.22. The summed E-state index contributed by atoms with van der Waals surface area (Å²) in [5, 5.41) is 14.2. The summed E-state index contributed by atoms with van der Waals surface area (Å²) in [6.45, 7) is 10.1. The van der Waals surface area contributed by atoms with Crippen molar-refractivity contribution in [1.82, 2.24) is 25.4 Å². The van der Waals surface area contributed by atoms with Crippen molar-refractivity contribution in [2.45, 2.75) is 40.2 Å². The summed E-state index contributed by atoms with van der Waals surface area (Å²) in [7, 11) is 0. The Balaban J connectivity index is 2.15. The monoisotopic (exact) mass is 266 g/mol. The SMILES string of the molecule is CCNC(=NCC(C)C)NCCCCn1cnnc1. The number of guanidine groups is 1. The maximum Gasteiger partial charge on any atom is 0.191 e. The third-order valence-corrected chi connectivity index (χ3v) is 2.56. The summed E-state index contributed by atoms with van der Waals surface area (Å²) < 4.78 is 2.00. The summed E-state index contributed by atoms with van der Waals surface area (Å²) in [5.74, 6) is 1.50. The molecular weight excluding hydrogens is 240 g/mol. The molecule has 1 heterocycles. The lowest BCUT2D eigenvalue weighted by atomic mass is 10.2. The van der Waals surface area contributed by atoms with Crippen LogP contribution in [0.5, 0.6) is 0 Å². The van der Waals surface area contributed by atoms with Crippen LogP contribution in [-0.2, 0) is 6.54 Å². The predicted octanol–water partition coefficient (Wildman–Crippen LogP) is 1.27. The largest absolute Gasteiger partial charge is 0.357 e. The standard InChI is InChI=1S/C13H26N6/c1-4-14-13(16-9-12(2)3)15-7-5-6-8-19-10-17-18-11-19/h10-12H,4-9H2,1-3H3,(H2,14,15,16). The smallest absolute Gasteiger partial charge is 0.191 e. The number of aromatic nitrogens is 3. The van der Waals surface area contributed by atoms with Crippen molar-refractivity contribution < 1.29 is 0 Å². The third-order valence-electron chi connectivity index (χ3n) is 2.56. The molecule has 108 valence electrons. The number of rotatable bonds is 8. The lowest BCUT2D eigenvalue weighted by Crippen LogP contribution is -2.38. The van der Waals surface area contributed by atoms with Crippen molar-refractivity contribution in [2.75, 3.05) is 19.6 Å². The molecular formula is C13H26N6. The highest BCUT2D eigenvalue weighted by Crippen LogP contribution is 1.94. The van der Waals surface area contributed by atoms with Gasteiger partial charge >= 0.3 is 0 Å². The van der Waals surface area contributed by atoms with Gasteiger partial charge in [-0.05, 0) is 25.7 Å². The fourth-order valence-corrected chi connectivity index (χ4v) is 1.58. The molecule has 1 aromatic heterocycles. The summed E-state index contributed by atoms with van der Waals surface area (Å²) in [4.78, 5) is 4.53. The second-order valence-electron chi connectivity index (χ2n) is 4.95. The minimum Gasteiger partial charge on any atom is -0.357 e. The lowest BCUT2D eigenvalue weighted by Gasteiger charge is -2.11. The van der Waals surface area contributed by atoms with E-state index in [1.165, 1.54) is 0 Å². The lowest BCUT2D eigenvalue weighted by molar-refractivity contribution is 0.596. The van der Waals surface area contributed by atoms with Crippen LogP contribution in [0.3, 0.4) is 0 Å². The minimum atomic E-state index is 0.587. The molecule has 0 saturated carbocycles. The third kappa shape index (κ3) is 7.43. The minimum absolute atomic E-state index is 0.587. The fourth-order valence-electron chi connectivity index (χ4n) is 1.58. The molecule has 0 fully saturated rings. The molecule has 0 aliphatic heterocycles. The molecule has 0 aliphatic carbocycles. The van der Waals surface area contributed by atoms with E-state index in [1.54, 1.807) is 12.7 Å². The Kier molecular flexibility index (Phi) is 7.62. The van der Waals surface area contributed by atoms with Crippen LogP contribution >= 0.6 is 0 Å². The van der Waals surface area contributed by atoms with Gasteiger partial charge in [0.1, 0.15) is 12.7 Å². The van der Waals surface area contributed by atoms with Gasteiger partial charge in [0, 0.05) is 26.2 Å². The zero-order valence-electron chi connectivity index (χ0n) is 12.3. The van der Waals surface area contributed by atoms with Crippen LogP contribution in [-0.4, -0.2) is 40.4 Å². The maximum atomic E-state index is 4.53. The van der Waals surface area contributed by atoms with Gasteiger partial charge in [-0.15, -0.1) is 10.2 Å². The van der Waals surface area contributed by atoms with Gasteiger partial charge in [0.25, 0.3) is 0 Å². The van der Waals surface area contributed by atoms with E-state index in [-0.39, 0.29) is 0 Å². The quantitative estimate of drug-likeness (QED) is 0.422.